The maximum absolute atomic E-state index is 12.5. The molecule has 7 heteroatoms. The lowest BCUT2D eigenvalue weighted by Gasteiger charge is -2.29. The summed E-state index contributed by atoms with van der Waals surface area (Å²) in [6.45, 7) is 0.0277. The van der Waals surface area contributed by atoms with Crippen LogP contribution in [0.25, 0.3) is 0 Å². The van der Waals surface area contributed by atoms with Crippen molar-refractivity contribution in [1.82, 2.24) is 25.1 Å². The summed E-state index contributed by atoms with van der Waals surface area (Å²) < 4.78 is 1.89. The van der Waals surface area contributed by atoms with Crippen LogP contribution < -0.4 is 0 Å². The summed E-state index contributed by atoms with van der Waals surface area (Å²) in [6, 6.07) is 0.277. The van der Waals surface area contributed by atoms with Crippen molar-refractivity contribution in [2.45, 2.75) is 56.7 Å². The molecule has 0 spiro atoms. The quantitative estimate of drug-likeness (QED) is 0.863. The van der Waals surface area contributed by atoms with E-state index in [-0.39, 0.29) is 30.5 Å². The number of likely N-dealkylation sites (tertiary alicyclic amines) is 1. The third-order valence-electron chi connectivity index (χ3n) is 4.60. The third kappa shape index (κ3) is 1.91. The second kappa shape index (κ2) is 4.51. The molecular formula is C13H19N5O2. The Balaban J connectivity index is 1.64. The monoisotopic (exact) mass is 277 g/mol. The van der Waals surface area contributed by atoms with Gasteiger partial charge in [-0.05, 0) is 49.0 Å². The Morgan fingerprint density at radius 2 is 2.00 bits per heavy atom. The van der Waals surface area contributed by atoms with Gasteiger partial charge < -0.3 is 10.0 Å². The van der Waals surface area contributed by atoms with Gasteiger partial charge in [-0.25, -0.2) is 4.68 Å². The van der Waals surface area contributed by atoms with Crippen molar-refractivity contribution in [3.05, 3.63) is 5.82 Å². The van der Waals surface area contributed by atoms with E-state index in [1.54, 1.807) is 0 Å². The van der Waals surface area contributed by atoms with E-state index in [0.29, 0.717) is 6.04 Å². The van der Waals surface area contributed by atoms with Crippen molar-refractivity contribution in [1.29, 1.82) is 0 Å². The van der Waals surface area contributed by atoms with Gasteiger partial charge in [0.25, 0.3) is 0 Å². The van der Waals surface area contributed by atoms with Gasteiger partial charge in [-0.3, -0.25) is 4.79 Å². The average Bonchev–Trinajstić information content (AvgIpc) is 3.38. The van der Waals surface area contributed by atoms with Gasteiger partial charge in [0.05, 0.1) is 24.7 Å². The normalized spacial score (nSPS) is 29.9. The fourth-order valence-corrected chi connectivity index (χ4v) is 3.19. The molecule has 7 nitrogen and oxygen atoms in total. The SMILES string of the molecule is O=C(C1CC1)N1[C@H](CO)CC[C@@H]1c1nnnn1C1CC1. The number of hydrogen-bond donors (Lipinski definition) is 1. The molecule has 0 bridgehead atoms. The molecule has 1 aliphatic heterocycles. The highest BCUT2D eigenvalue weighted by Crippen LogP contribution is 2.43. The minimum absolute atomic E-state index is 0.0277. The van der Waals surface area contributed by atoms with Crippen LogP contribution in [0.1, 0.15) is 56.4 Å². The first kappa shape index (κ1) is 12.3. The molecule has 0 radical (unpaired) electrons. The summed E-state index contributed by atoms with van der Waals surface area (Å²) in [7, 11) is 0. The summed E-state index contributed by atoms with van der Waals surface area (Å²) >= 11 is 0. The molecule has 3 fully saturated rings. The summed E-state index contributed by atoms with van der Waals surface area (Å²) in [5.74, 6) is 1.14. The van der Waals surface area contributed by atoms with Gasteiger partial charge in [0.15, 0.2) is 5.82 Å². The molecule has 2 saturated carbocycles. The molecule has 0 aromatic carbocycles. The number of amides is 1. The maximum atomic E-state index is 12.5. The number of hydrogen-bond acceptors (Lipinski definition) is 5. The lowest BCUT2D eigenvalue weighted by molar-refractivity contribution is -0.136. The van der Waals surface area contributed by atoms with Crippen LogP contribution in [0.5, 0.6) is 0 Å². The van der Waals surface area contributed by atoms with Crippen LogP contribution in [0.15, 0.2) is 0 Å². The largest absolute Gasteiger partial charge is 0.394 e. The molecule has 4 rings (SSSR count). The minimum atomic E-state index is -0.0718. The van der Waals surface area contributed by atoms with Crippen LogP contribution in [0.4, 0.5) is 0 Å². The molecule has 0 unspecified atom stereocenters. The van der Waals surface area contributed by atoms with Gasteiger partial charge in [0, 0.05) is 5.92 Å². The van der Waals surface area contributed by atoms with E-state index < -0.39 is 0 Å². The first-order valence-corrected chi connectivity index (χ1v) is 7.50. The summed E-state index contributed by atoms with van der Waals surface area (Å²) in [5.41, 5.74) is 0. The Bertz CT molecular complexity index is 523. The second-order valence-electron chi connectivity index (χ2n) is 6.16. The van der Waals surface area contributed by atoms with Crippen LogP contribution >= 0.6 is 0 Å². The molecule has 3 aliphatic rings. The van der Waals surface area contributed by atoms with Crippen molar-refractivity contribution >= 4 is 5.91 Å². The first-order valence-electron chi connectivity index (χ1n) is 7.50. The predicted molar refractivity (Wildman–Crippen MR) is 68.5 cm³/mol. The van der Waals surface area contributed by atoms with Crippen LogP contribution in [-0.2, 0) is 4.79 Å². The molecule has 1 aromatic rings. The Hall–Kier alpha value is -1.50. The zero-order chi connectivity index (χ0) is 13.7. The molecule has 1 aromatic heterocycles. The number of aromatic nitrogens is 4. The number of carbonyl (C=O) groups is 1. The Morgan fingerprint density at radius 1 is 1.20 bits per heavy atom. The molecule has 1 saturated heterocycles. The number of aliphatic hydroxyl groups is 1. The Kier molecular flexibility index (Phi) is 2.76. The number of tetrazole rings is 1. The van der Waals surface area contributed by atoms with Crippen molar-refractivity contribution in [2.24, 2.45) is 5.92 Å². The van der Waals surface area contributed by atoms with Gasteiger partial charge in [0.1, 0.15) is 0 Å². The van der Waals surface area contributed by atoms with E-state index in [1.807, 2.05) is 9.58 Å². The average molecular weight is 277 g/mol. The highest BCUT2D eigenvalue weighted by atomic mass is 16.3. The second-order valence-corrected chi connectivity index (χ2v) is 6.16. The van der Waals surface area contributed by atoms with Crippen LogP contribution in [0, 0.1) is 5.92 Å². The van der Waals surface area contributed by atoms with Gasteiger partial charge in [-0.15, -0.1) is 5.10 Å². The lowest BCUT2D eigenvalue weighted by Crippen LogP contribution is -2.41. The fourth-order valence-electron chi connectivity index (χ4n) is 3.19. The number of aliphatic hydroxyl groups excluding tert-OH is 1. The molecule has 2 aliphatic carbocycles. The zero-order valence-electron chi connectivity index (χ0n) is 11.4. The van der Waals surface area contributed by atoms with Crippen molar-refractivity contribution in [3.8, 4) is 0 Å². The van der Waals surface area contributed by atoms with Crippen LogP contribution in [0.2, 0.25) is 0 Å². The smallest absolute Gasteiger partial charge is 0.226 e. The molecule has 1 N–H and O–H groups in total. The summed E-state index contributed by atoms with van der Waals surface area (Å²) in [6.07, 6.45) is 5.87. The molecule has 2 atom stereocenters. The zero-order valence-corrected chi connectivity index (χ0v) is 11.4. The van der Waals surface area contributed by atoms with E-state index in [2.05, 4.69) is 15.5 Å². The number of rotatable bonds is 4. The first-order chi connectivity index (χ1) is 9.79. The van der Waals surface area contributed by atoms with Crippen molar-refractivity contribution in [2.75, 3.05) is 6.61 Å². The fraction of sp³-hybridized carbons (Fsp3) is 0.846. The van der Waals surface area contributed by atoms with E-state index in [1.165, 1.54) is 0 Å². The minimum Gasteiger partial charge on any atom is -0.394 e. The highest BCUT2D eigenvalue weighted by Gasteiger charge is 2.45. The third-order valence-corrected chi connectivity index (χ3v) is 4.60. The van der Waals surface area contributed by atoms with Gasteiger partial charge in [0.2, 0.25) is 5.91 Å². The summed E-state index contributed by atoms with van der Waals surface area (Å²) in [5, 5.41) is 21.6. The van der Waals surface area contributed by atoms with E-state index >= 15 is 0 Å². The summed E-state index contributed by atoms with van der Waals surface area (Å²) in [4.78, 5) is 14.4. The van der Waals surface area contributed by atoms with Crippen molar-refractivity contribution in [3.63, 3.8) is 0 Å². The topological polar surface area (TPSA) is 84.1 Å². The van der Waals surface area contributed by atoms with E-state index in [0.717, 1.165) is 44.3 Å². The molecule has 20 heavy (non-hydrogen) atoms. The Morgan fingerprint density at radius 3 is 2.65 bits per heavy atom. The van der Waals surface area contributed by atoms with Crippen LogP contribution in [-0.4, -0.2) is 48.8 Å². The maximum Gasteiger partial charge on any atom is 0.226 e. The molecule has 108 valence electrons. The van der Waals surface area contributed by atoms with Gasteiger partial charge in [-0.2, -0.15) is 0 Å². The lowest BCUT2D eigenvalue weighted by atomic mass is 10.2. The molecular weight excluding hydrogens is 258 g/mol. The van der Waals surface area contributed by atoms with Crippen molar-refractivity contribution < 1.29 is 9.90 Å². The van der Waals surface area contributed by atoms with Gasteiger partial charge in [-0.1, -0.05) is 0 Å². The van der Waals surface area contributed by atoms with E-state index in [4.69, 9.17) is 0 Å². The molecule has 1 amide bonds. The number of carbonyl (C=O) groups excluding carboxylic acids is 1. The highest BCUT2D eigenvalue weighted by molar-refractivity contribution is 5.82. The predicted octanol–water partition coefficient (Wildman–Crippen LogP) is 0.442. The van der Waals surface area contributed by atoms with Crippen LogP contribution in [0.3, 0.4) is 0 Å². The van der Waals surface area contributed by atoms with E-state index in [9.17, 15) is 9.90 Å². The molecule has 2 heterocycles. The Labute approximate surface area is 116 Å². The number of nitrogens with zero attached hydrogens (tertiary/aromatic N) is 5. The van der Waals surface area contributed by atoms with Gasteiger partial charge >= 0.3 is 0 Å². The standard InChI is InChI=1S/C13H19N5O2/c19-7-10-5-6-11(17(10)13(20)8-1-2-8)12-14-15-16-18(12)9-3-4-9/h8-11,19H,1-7H2/t10-,11+/m0/s1.